The van der Waals surface area contributed by atoms with Crippen LogP contribution in [0.1, 0.15) is 5.56 Å². The van der Waals surface area contributed by atoms with Crippen molar-refractivity contribution in [3.63, 3.8) is 0 Å². The van der Waals surface area contributed by atoms with E-state index in [1.165, 1.54) is 0 Å². The molecule has 0 saturated heterocycles. The second-order valence-corrected chi connectivity index (χ2v) is 7.94. The van der Waals surface area contributed by atoms with E-state index < -0.39 is 10.0 Å². The van der Waals surface area contributed by atoms with Crippen molar-refractivity contribution >= 4 is 48.0 Å². The van der Waals surface area contributed by atoms with Gasteiger partial charge in [0.15, 0.2) is 10.5 Å². The quantitative estimate of drug-likeness (QED) is 0.608. The maximum absolute atomic E-state index is 12.4. The van der Waals surface area contributed by atoms with Crippen LogP contribution in [0.5, 0.6) is 0 Å². The highest BCUT2D eigenvalue weighted by atomic mass is 32.2. The van der Waals surface area contributed by atoms with Gasteiger partial charge in [0, 0.05) is 0 Å². The number of thiazole rings is 1. The van der Waals surface area contributed by atoms with Gasteiger partial charge in [-0.3, -0.25) is 4.72 Å². The topological polar surface area (TPSA) is 84.8 Å². The Kier molecular flexibility index (Phi) is 3.43. The SMILES string of the molecule is Cc1ccc(S(=O)(=O)Nc2nc3nc4ccccc4nc3s2)cc1. The van der Waals surface area contributed by atoms with Crippen LogP contribution in [0.3, 0.4) is 0 Å². The van der Waals surface area contributed by atoms with E-state index in [0.29, 0.717) is 10.5 Å². The Morgan fingerprint density at radius 3 is 2.29 bits per heavy atom. The Hall–Kier alpha value is -2.58. The minimum absolute atomic E-state index is 0.193. The van der Waals surface area contributed by atoms with Crippen molar-refractivity contribution in [2.24, 2.45) is 0 Å². The molecule has 0 aliphatic heterocycles. The standard InChI is InChI=1S/C16H12N4O2S2/c1-10-6-8-11(9-7-10)24(21,22)20-16-19-14-15(23-16)18-13-5-3-2-4-12(13)17-14/h2-9H,1H3,(H,17,19,20). The summed E-state index contributed by atoms with van der Waals surface area (Å²) in [5, 5.41) is 0.251. The molecular formula is C16H12N4O2S2. The van der Waals surface area contributed by atoms with Crippen LogP contribution in [0.2, 0.25) is 0 Å². The smallest absolute Gasteiger partial charge is 0.255 e. The maximum Gasteiger partial charge on any atom is 0.263 e. The number of para-hydroxylation sites is 2. The van der Waals surface area contributed by atoms with Crippen LogP contribution in [0.4, 0.5) is 5.13 Å². The summed E-state index contributed by atoms with van der Waals surface area (Å²) in [6.07, 6.45) is 0. The van der Waals surface area contributed by atoms with Crippen molar-refractivity contribution in [1.82, 2.24) is 15.0 Å². The minimum atomic E-state index is -3.68. The zero-order chi connectivity index (χ0) is 16.7. The number of fused-ring (bicyclic) bond motifs is 2. The average Bonchev–Trinajstić information content (AvgIpc) is 2.93. The van der Waals surface area contributed by atoms with E-state index in [1.54, 1.807) is 24.3 Å². The van der Waals surface area contributed by atoms with Gasteiger partial charge in [-0.25, -0.2) is 18.4 Å². The molecule has 0 unspecified atom stereocenters. The van der Waals surface area contributed by atoms with E-state index in [9.17, 15) is 8.42 Å². The summed E-state index contributed by atoms with van der Waals surface area (Å²) in [4.78, 5) is 13.9. The van der Waals surface area contributed by atoms with Crippen LogP contribution >= 0.6 is 11.3 Å². The molecule has 6 nitrogen and oxygen atoms in total. The van der Waals surface area contributed by atoms with E-state index >= 15 is 0 Å². The van der Waals surface area contributed by atoms with Gasteiger partial charge in [0.2, 0.25) is 5.13 Å². The number of aryl methyl sites for hydroxylation is 1. The Labute approximate surface area is 142 Å². The lowest BCUT2D eigenvalue weighted by Crippen LogP contribution is -2.12. The summed E-state index contributed by atoms with van der Waals surface area (Å²) in [7, 11) is -3.68. The molecule has 0 fully saturated rings. The molecule has 24 heavy (non-hydrogen) atoms. The van der Waals surface area contributed by atoms with Crippen molar-refractivity contribution in [3.05, 3.63) is 54.1 Å². The van der Waals surface area contributed by atoms with Crippen LogP contribution in [-0.2, 0) is 10.0 Å². The molecular weight excluding hydrogens is 344 g/mol. The largest absolute Gasteiger partial charge is 0.263 e. The Balaban J connectivity index is 1.73. The van der Waals surface area contributed by atoms with E-state index in [1.807, 2.05) is 31.2 Å². The zero-order valence-electron chi connectivity index (χ0n) is 12.6. The number of anilines is 1. The molecule has 0 spiro atoms. The third-order valence-electron chi connectivity index (χ3n) is 3.48. The molecule has 8 heteroatoms. The number of aromatic nitrogens is 3. The van der Waals surface area contributed by atoms with Crippen molar-refractivity contribution in [3.8, 4) is 0 Å². The minimum Gasteiger partial charge on any atom is -0.255 e. The summed E-state index contributed by atoms with van der Waals surface area (Å²) < 4.78 is 27.4. The second-order valence-electron chi connectivity index (χ2n) is 5.28. The summed E-state index contributed by atoms with van der Waals surface area (Å²) >= 11 is 1.16. The van der Waals surface area contributed by atoms with E-state index in [2.05, 4.69) is 19.7 Å². The predicted molar refractivity (Wildman–Crippen MR) is 94.7 cm³/mol. The number of sulfonamides is 1. The molecule has 0 saturated carbocycles. The highest BCUT2D eigenvalue weighted by Gasteiger charge is 2.17. The first-order valence-corrected chi connectivity index (χ1v) is 9.44. The van der Waals surface area contributed by atoms with Crippen molar-refractivity contribution < 1.29 is 8.42 Å². The number of rotatable bonds is 3. The third-order valence-corrected chi connectivity index (χ3v) is 5.81. The molecule has 0 aliphatic carbocycles. The molecule has 0 aliphatic rings. The van der Waals surface area contributed by atoms with Crippen molar-refractivity contribution in [2.75, 3.05) is 4.72 Å². The Morgan fingerprint density at radius 2 is 1.58 bits per heavy atom. The fourth-order valence-electron chi connectivity index (χ4n) is 2.26. The molecule has 1 N–H and O–H groups in total. The van der Waals surface area contributed by atoms with E-state index in [-0.39, 0.29) is 10.0 Å². The molecule has 4 rings (SSSR count). The fourth-order valence-corrected chi connectivity index (χ4v) is 4.29. The highest BCUT2D eigenvalue weighted by molar-refractivity contribution is 7.93. The van der Waals surface area contributed by atoms with Gasteiger partial charge in [-0.05, 0) is 31.2 Å². The van der Waals surface area contributed by atoms with Gasteiger partial charge < -0.3 is 0 Å². The zero-order valence-corrected chi connectivity index (χ0v) is 14.2. The lowest BCUT2D eigenvalue weighted by molar-refractivity contribution is 0.601. The molecule has 2 heterocycles. The van der Waals surface area contributed by atoms with Gasteiger partial charge in [-0.15, -0.1) is 0 Å². The molecule has 4 aromatic rings. The van der Waals surface area contributed by atoms with Gasteiger partial charge in [0.1, 0.15) is 0 Å². The van der Waals surface area contributed by atoms with E-state index in [4.69, 9.17) is 0 Å². The summed E-state index contributed by atoms with van der Waals surface area (Å²) in [5.41, 5.74) is 2.90. The lowest BCUT2D eigenvalue weighted by atomic mass is 10.2. The molecule has 2 aromatic carbocycles. The van der Waals surface area contributed by atoms with Crippen molar-refractivity contribution in [2.45, 2.75) is 11.8 Å². The number of benzene rings is 2. The van der Waals surface area contributed by atoms with Crippen molar-refractivity contribution in [1.29, 1.82) is 0 Å². The van der Waals surface area contributed by atoms with Gasteiger partial charge in [0.25, 0.3) is 10.0 Å². The van der Waals surface area contributed by atoms with Gasteiger partial charge in [-0.1, -0.05) is 41.2 Å². The first kappa shape index (κ1) is 15.0. The van der Waals surface area contributed by atoms with Gasteiger partial charge in [0.05, 0.1) is 15.9 Å². The molecule has 120 valence electrons. The lowest BCUT2D eigenvalue weighted by Gasteiger charge is -2.04. The number of hydrogen-bond donors (Lipinski definition) is 1. The number of nitrogens with one attached hydrogen (secondary N) is 1. The van der Waals surface area contributed by atoms with Crippen LogP contribution in [0.25, 0.3) is 21.5 Å². The van der Waals surface area contributed by atoms with Crippen LogP contribution < -0.4 is 4.72 Å². The molecule has 0 bridgehead atoms. The first-order chi connectivity index (χ1) is 11.5. The molecule has 2 aromatic heterocycles. The van der Waals surface area contributed by atoms with E-state index in [0.717, 1.165) is 27.9 Å². The van der Waals surface area contributed by atoms with Gasteiger partial charge in [-0.2, -0.15) is 4.98 Å². The number of nitrogens with zero attached hydrogens (tertiary/aromatic N) is 3. The third kappa shape index (κ3) is 2.70. The fraction of sp³-hybridized carbons (Fsp3) is 0.0625. The molecule has 0 amide bonds. The maximum atomic E-state index is 12.4. The molecule has 0 atom stereocenters. The van der Waals surface area contributed by atoms with Crippen LogP contribution in [0.15, 0.2) is 53.4 Å². The molecule has 0 radical (unpaired) electrons. The van der Waals surface area contributed by atoms with Crippen LogP contribution in [0, 0.1) is 6.92 Å². The Bertz CT molecular complexity index is 1100. The number of hydrogen-bond acceptors (Lipinski definition) is 6. The first-order valence-electron chi connectivity index (χ1n) is 7.14. The monoisotopic (exact) mass is 356 g/mol. The summed E-state index contributed by atoms with van der Waals surface area (Å²) in [5.74, 6) is 0. The normalized spacial score (nSPS) is 11.9. The predicted octanol–water partition coefficient (Wildman–Crippen LogP) is 3.35. The highest BCUT2D eigenvalue weighted by Crippen LogP contribution is 2.27. The second kappa shape index (κ2) is 5.50. The Morgan fingerprint density at radius 1 is 0.917 bits per heavy atom. The summed E-state index contributed by atoms with van der Waals surface area (Å²) in [6.45, 7) is 1.90. The van der Waals surface area contributed by atoms with Crippen LogP contribution in [-0.4, -0.2) is 23.4 Å². The van der Waals surface area contributed by atoms with Gasteiger partial charge >= 0.3 is 0 Å². The average molecular weight is 356 g/mol. The summed E-state index contributed by atoms with van der Waals surface area (Å²) in [6, 6.07) is 14.1.